The number of para-hydroxylation sites is 1. The number of fused-ring (bicyclic) bond motifs is 1. The predicted octanol–water partition coefficient (Wildman–Crippen LogP) is 1.99. The van der Waals surface area contributed by atoms with Gasteiger partial charge in [-0.25, -0.2) is 0 Å². The highest BCUT2D eigenvalue weighted by molar-refractivity contribution is 5.37. The van der Waals surface area contributed by atoms with E-state index in [1.165, 1.54) is 12.0 Å². The summed E-state index contributed by atoms with van der Waals surface area (Å²) in [5.41, 5.74) is 1.34. The minimum absolute atomic E-state index is 0.332. The molecule has 1 N–H and O–H groups in total. The molecular formula is C12H17NO. The summed E-state index contributed by atoms with van der Waals surface area (Å²) in [7, 11) is 0. The number of hydrogen-bond acceptors (Lipinski definition) is 2. The maximum atomic E-state index is 5.79. The number of ether oxygens (including phenoxy) is 1. The molecule has 1 atom stereocenters. The molecule has 0 spiro atoms. The Labute approximate surface area is 85.3 Å². The quantitative estimate of drug-likeness (QED) is 0.735. The number of hydrogen-bond donors (Lipinski definition) is 1. The van der Waals surface area contributed by atoms with Crippen molar-refractivity contribution >= 4 is 0 Å². The minimum Gasteiger partial charge on any atom is -0.488 e. The lowest BCUT2D eigenvalue weighted by molar-refractivity contribution is 0.228. The molecular weight excluding hydrogens is 174 g/mol. The van der Waals surface area contributed by atoms with Crippen LogP contribution in [0.4, 0.5) is 0 Å². The first kappa shape index (κ1) is 9.53. The van der Waals surface area contributed by atoms with Crippen LogP contribution in [0.3, 0.4) is 0 Å². The Morgan fingerprint density at radius 1 is 1.43 bits per heavy atom. The van der Waals surface area contributed by atoms with Crippen LogP contribution in [-0.2, 0) is 6.42 Å². The van der Waals surface area contributed by atoms with Gasteiger partial charge in [0.15, 0.2) is 0 Å². The SMILES string of the molecule is CCCNC[C@@H]1Cc2ccccc2O1. The first-order valence-corrected chi connectivity index (χ1v) is 5.35. The molecule has 1 aromatic carbocycles. The third-order valence-electron chi connectivity index (χ3n) is 2.51. The Balaban J connectivity index is 1.86. The maximum absolute atomic E-state index is 5.79. The third kappa shape index (κ3) is 2.07. The molecule has 0 unspecified atom stereocenters. The fourth-order valence-corrected chi connectivity index (χ4v) is 1.81. The summed E-state index contributed by atoms with van der Waals surface area (Å²) in [6.07, 6.45) is 2.56. The standard InChI is InChI=1S/C12H17NO/c1-2-7-13-9-11-8-10-5-3-4-6-12(10)14-11/h3-6,11,13H,2,7-9H2,1H3/t11-/m0/s1. The van der Waals surface area contributed by atoms with E-state index in [4.69, 9.17) is 4.74 Å². The molecule has 2 nitrogen and oxygen atoms in total. The van der Waals surface area contributed by atoms with Gasteiger partial charge in [-0.05, 0) is 24.6 Å². The molecule has 14 heavy (non-hydrogen) atoms. The molecule has 76 valence electrons. The summed E-state index contributed by atoms with van der Waals surface area (Å²) in [4.78, 5) is 0. The lowest BCUT2D eigenvalue weighted by atomic mass is 10.1. The van der Waals surface area contributed by atoms with Crippen molar-refractivity contribution in [3.05, 3.63) is 29.8 Å². The van der Waals surface area contributed by atoms with Crippen LogP contribution >= 0.6 is 0 Å². The summed E-state index contributed by atoms with van der Waals surface area (Å²) in [5, 5.41) is 3.39. The van der Waals surface area contributed by atoms with Crippen LogP contribution < -0.4 is 10.1 Å². The van der Waals surface area contributed by atoms with Crippen molar-refractivity contribution in [3.63, 3.8) is 0 Å². The van der Waals surface area contributed by atoms with Gasteiger partial charge < -0.3 is 10.1 Å². The van der Waals surface area contributed by atoms with E-state index in [1.54, 1.807) is 0 Å². The third-order valence-corrected chi connectivity index (χ3v) is 2.51. The normalized spacial score (nSPS) is 19.1. The Morgan fingerprint density at radius 3 is 3.07 bits per heavy atom. The van der Waals surface area contributed by atoms with Crippen molar-refractivity contribution in [3.8, 4) is 5.75 Å². The Bertz CT molecular complexity index is 273. The second-order valence-corrected chi connectivity index (χ2v) is 3.76. The zero-order valence-electron chi connectivity index (χ0n) is 8.62. The van der Waals surface area contributed by atoms with Crippen molar-refractivity contribution in [1.29, 1.82) is 0 Å². The highest BCUT2D eigenvalue weighted by Gasteiger charge is 2.21. The van der Waals surface area contributed by atoms with Crippen molar-refractivity contribution < 1.29 is 4.74 Å². The molecule has 1 aliphatic heterocycles. The summed E-state index contributed by atoms with van der Waals surface area (Å²) in [6.45, 7) is 4.22. The zero-order chi connectivity index (χ0) is 9.80. The molecule has 1 aliphatic rings. The largest absolute Gasteiger partial charge is 0.488 e. The molecule has 0 saturated heterocycles. The number of rotatable bonds is 4. The van der Waals surface area contributed by atoms with Crippen molar-refractivity contribution in [2.45, 2.75) is 25.9 Å². The van der Waals surface area contributed by atoms with Crippen molar-refractivity contribution in [2.24, 2.45) is 0 Å². The molecule has 1 aromatic rings. The molecule has 0 saturated carbocycles. The lowest BCUT2D eigenvalue weighted by Gasteiger charge is -2.10. The first-order chi connectivity index (χ1) is 6.90. The molecule has 2 heteroatoms. The van der Waals surface area contributed by atoms with E-state index in [1.807, 2.05) is 6.07 Å². The predicted molar refractivity (Wildman–Crippen MR) is 57.7 cm³/mol. The summed E-state index contributed by atoms with van der Waals surface area (Å²) >= 11 is 0. The molecule has 0 aromatic heterocycles. The van der Waals surface area contributed by atoms with E-state index in [-0.39, 0.29) is 0 Å². The van der Waals surface area contributed by atoms with Gasteiger partial charge in [0.25, 0.3) is 0 Å². The highest BCUT2D eigenvalue weighted by atomic mass is 16.5. The van der Waals surface area contributed by atoms with Gasteiger partial charge in [-0.1, -0.05) is 25.1 Å². The second-order valence-electron chi connectivity index (χ2n) is 3.76. The van der Waals surface area contributed by atoms with E-state index in [2.05, 4.69) is 30.4 Å². The van der Waals surface area contributed by atoms with Gasteiger partial charge in [0.05, 0.1) is 0 Å². The smallest absolute Gasteiger partial charge is 0.123 e. The van der Waals surface area contributed by atoms with Crippen LogP contribution in [-0.4, -0.2) is 19.2 Å². The van der Waals surface area contributed by atoms with Crippen LogP contribution in [0.5, 0.6) is 5.75 Å². The van der Waals surface area contributed by atoms with Gasteiger partial charge in [0.1, 0.15) is 11.9 Å². The molecule has 0 radical (unpaired) electrons. The topological polar surface area (TPSA) is 21.3 Å². The average molecular weight is 191 g/mol. The van der Waals surface area contributed by atoms with Crippen molar-refractivity contribution in [2.75, 3.05) is 13.1 Å². The van der Waals surface area contributed by atoms with E-state index < -0.39 is 0 Å². The molecule has 0 aliphatic carbocycles. The average Bonchev–Trinajstić information content (AvgIpc) is 2.60. The van der Waals surface area contributed by atoms with Gasteiger partial charge in [-0.15, -0.1) is 0 Å². The highest BCUT2D eigenvalue weighted by Crippen LogP contribution is 2.27. The maximum Gasteiger partial charge on any atom is 0.123 e. The van der Waals surface area contributed by atoms with Crippen molar-refractivity contribution in [1.82, 2.24) is 5.32 Å². The Morgan fingerprint density at radius 2 is 2.29 bits per heavy atom. The van der Waals surface area contributed by atoms with E-state index in [0.29, 0.717) is 6.10 Å². The summed E-state index contributed by atoms with van der Waals surface area (Å²) < 4.78 is 5.79. The van der Waals surface area contributed by atoms with Gasteiger partial charge in [0, 0.05) is 13.0 Å². The summed E-state index contributed by atoms with van der Waals surface area (Å²) in [6, 6.07) is 8.30. The molecule has 2 rings (SSSR count). The Kier molecular flexibility index (Phi) is 3.04. The van der Waals surface area contributed by atoms with Gasteiger partial charge >= 0.3 is 0 Å². The monoisotopic (exact) mass is 191 g/mol. The minimum atomic E-state index is 0.332. The lowest BCUT2D eigenvalue weighted by Crippen LogP contribution is -2.30. The van der Waals surface area contributed by atoms with Crippen LogP contribution in [0.2, 0.25) is 0 Å². The molecule has 0 bridgehead atoms. The number of benzene rings is 1. The first-order valence-electron chi connectivity index (χ1n) is 5.35. The second kappa shape index (κ2) is 4.47. The van der Waals surface area contributed by atoms with Crippen LogP contribution in [0.1, 0.15) is 18.9 Å². The fourth-order valence-electron chi connectivity index (χ4n) is 1.81. The fraction of sp³-hybridized carbons (Fsp3) is 0.500. The van der Waals surface area contributed by atoms with E-state index in [9.17, 15) is 0 Å². The summed E-state index contributed by atoms with van der Waals surface area (Å²) in [5.74, 6) is 1.07. The molecule has 0 fully saturated rings. The van der Waals surface area contributed by atoms with Gasteiger partial charge in [0.2, 0.25) is 0 Å². The van der Waals surface area contributed by atoms with E-state index in [0.717, 1.165) is 25.3 Å². The van der Waals surface area contributed by atoms with E-state index >= 15 is 0 Å². The van der Waals surface area contributed by atoms with Crippen LogP contribution in [0, 0.1) is 0 Å². The number of nitrogens with one attached hydrogen (secondary N) is 1. The van der Waals surface area contributed by atoms with Crippen LogP contribution in [0.25, 0.3) is 0 Å². The molecule has 0 amide bonds. The molecule has 1 heterocycles. The van der Waals surface area contributed by atoms with Gasteiger partial charge in [-0.2, -0.15) is 0 Å². The van der Waals surface area contributed by atoms with Gasteiger partial charge in [-0.3, -0.25) is 0 Å². The Hall–Kier alpha value is -1.02. The van der Waals surface area contributed by atoms with Crippen LogP contribution in [0.15, 0.2) is 24.3 Å². The zero-order valence-corrected chi connectivity index (χ0v) is 8.62.